The minimum absolute atomic E-state index is 0.0145. The Kier molecular flexibility index (Phi) is 9.91. The van der Waals surface area contributed by atoms with Crippen LogP contribution in [0.2, 0.25) is 0 Å². The highest BCUT2D eigenvalue weighted by atomic mass is 16.6. The molecule has 0 aromatic carbocycles. The summed E-state index contributed by atoms with van der Waals surface area (Å²) in [5.41, 5.74) is 0.201. The van der Waals surface area contributed by atoms with Crippen molar-refractivity contribution in [2.45, 2.75) is 110 Å². The first-order chi connectivity index (χ1) is 17.9. The topological polar surface area (TPSA) is 112 Å². The number of ether oxygens (including phenoxy) is 1. The molecule has 1 amide bonds. The van der Waals surface area contributed by atoms with E-state index < -0.39 is 23.5 Å². The predicted molar refractivity (Wildman–Crippen MR) is 148 cm³/mol. The van der Waals surface area contributed by atoms with Crippen LogP contribution >= 0.6 is 0 Å². The number of aliphatic hydroxyl groups excluding tert-OH is 2. The third kappa shape index (κ3) is 7.31. The lowest BCUT2D eigenvalue weighted by Gasteiger charge is -2.36. The number of pyridine rings is 1. The Labute approximate surface area is 227 Å². The van der Waals surface area contributed by atoms with Crippen LogP contribution in [0.25, 0.3) is 6.08 Å². The van der Waals surface area contributed by atoms with Crippen molar-refractivity contribution in [3.8, 4) is 12.3 Å². The molecule has 2 aliphatic rings. The number of terminal acetylenes is 1. The number of nitrogens with one attached hydrogen (secondary N) is 1. The molecule has 0 bridgehead atoms. The van der Waals surface area contributed by atoms with Gasteiger partial charge in [0.25, 0.3) is 0 Å². The molecule has 2 fully saturated rings. The number of fused-ring (bicyclic) bond motifs is 1. The summed E-state index contributed by atoms with van der Waals surface area (Å²) in [4.78, 5) is 31.2. The van der Waals surface area contributed by atoms with E-state index in [-0.39, 0.29) is 41.8 Å². The van der Waals surface area contributed by atoms with Crippen LogP contribution in [0.1, 0.15) is 85.3 Å². The van der Waals surface area contributed by atoms with Crippen LogP contribution in [0.3, 0.4) is 0 Å². The van der Waals surface area contributed by atoms with Crippen LogP contribution in [0.5, 0.6) is 0 Å². The first-order valence-corrected chi connectivity index (χ1v) is 13.8. The van der Waals surface area contributed by atoms with Crippen molar-refractivity contribution in [2.75, 3.05) is 0 Å². The fourth-order valence-electron chi connectivity index (χ4n) is 5.54. The monoisotopic (exact) mass is 524 g/mol. The zero-order chi connectivity index (χ0) is 28.1. The number of amides is 1. The number of carbonyl (C=O) groups excluding carboxylic acids is 2. The van der Waals surface area contributed by atoms with Gasteiger partial charge >= 0.3 is 0 Å². The van der Waals surface area contributed by atoms with Crippen molar-refractivity contribution in [3.63, 3.8) is 0 Å². The van der Waals surface area contributed by atoms with Gasteiger partial charge < -0.3 is 20.3 Å². The van der Waals surface area contributed by atoms with E-state index in [1.165, 1.54) is 0 Å². The van der Waals surface area contributed by atoms with Gasteiger partial charge in [-0.1, -0.05) is 33.3 Å². The van der Waals surface area contributed by atoms with E-state index in [1.54, 1.807) is 20.0 Å². The first kappa shape index (κ1) is 30.0. The Balaban J connectivity index is 1.89. The van der Waals surface area contributed by atoms with Crippen molar-refractivity contribution >= 4 is 17.8 Å². The van der Waals surface area contributed by atoms with Gasteiger partial charge in [0.15, 0.2) is 0 Å². The van der Waals surface area contributed by atoms with Crippen LogP contribution in [-0.2, 0) is 14.3 Å². The summed E-state index contributed by atoms with van der Waals surface area (Å²) in [7, 11) is 0. The predicted octanol–water partition coefficient (Wildman–Crippen LogP) is 4.07. The Morgan fingerprint density at radius 3 is 2.68 bits per heavy atom. The zero-order valence-corrected chi connectivity index (χ0v) is 23.4. The van der Waals surface area contributed by atoms with Gasteiger partial charge in [-0.3, -0.25) is 14.6 Å². The molecular weight excluding hydrogens is 480 g/mol. The summed E-state index contributed by atoms with van der Waals surface area (Å²) in [5.74, 6) is 1.13. The molecular formula is C31H44N2O5. The van der Waals surface area contributed by atoms with Gasteiger partial charge in [-0.15, -0.1) is 12.3 Å². The molecule has 7 nitrogen and oxygen atoms in total. The van der Waals surface area contributed by atoms with Gasteiger partial charge in [0, 0.05) is 25.0 Å². The van der Waals surface area contributed by atoms with E-state index >= 15 is 0 Å². The lowest BCUT2D eigenvalue weighted by Crippen LogP contribution is -2.48. The third-order valence-corrected chi connectivity index (χ3v) is 8.54. The number of nitrogens with zero attached hydrogens (tertiary/aromatic N) is 1. The number of Topliss-reactive ketones (excluding diaryl/α,β-unsaturated/α-hetero) is 1. The first-order valence-electron chi connectivity index (χ1n) is 13.8. The summed E-state index contributed by atoms with van der Waals surface area (Å²) >= 11 is 0. The third-order valence-electron chi connectivity index (χ3n) is 8.54. The second kappa shape index (κ2) is 12.5. The normalized spacial score (nSPS) is 35.1. The summed E-state index contributed by atoms with van der Waals surface area (Å²) in [6.07, 6.45) is 10.5. The number of rotatable bonds is 4. The molecule has 1 aromatic heterocycles. The van der Waals surface area contributed by atoms with Crippen LogP contribution in [0, 0.1) is 29.6 Å². The molecule has 2 aliphatic heterocycles. The molecule has 208 valence electrons. The molecule has 2 saturated heterocycles. The number of aromatic nitrogens is 1. The Hall–Kier alpha value is -2.53. The number of hydrogen-bond acceptors (Lipinski definition) is 6. The van der Waals surface area contributed by atoms with Gasteiger partial charge in [-0.05, 0) is 62.8 Å². The standard InChI is InChI=1S/C31H44N2O5/c1-7-8-14-23-28(36)20(2)12-11-15-31(6)26(38-31)18-24(21(3)17-22-13-9-10-16-32-22)33-27(35)19-25(34)30(4,5)29(23)37/h1,9-10,13,16-17,20,23-26,28,34,36H,8,11-12,14-15,18-19H2,2-6H3,(H,33,35). The van der Waals surface area contributed by atoms with Crippen LogP contribution < -0.4 is 5.32 Å². The van der Waals surface area contributed by atoms with Crippen molar-refractivity contribution in [1.82, 2.24) is 10.3 Å². The summed E-state index contributed by atoms with van der Waals surface area (Å²) in [6, 6.07) is 5.36. The smallest absolute Gasteiger partial charge is 0.223 e. The van der Waals surface area contributed by atoms with Gasteiger partial charge in [0.2, 0.25) is 5.91 Å². The second-order valence-electron chi connectivity index (χ2n) is 11.9. The van der Waals surface area contributed by atoms with E-state index in [0.29, 0.717) is 19.3 Å². The molecule has 3 heterocycles. The highest BCUT2D eigenvalue weighted by Gasteiger charge is 2.52. The van der Waals surface area contributed by atoms with E-state index in [1.807, 2.05) is 38.1 Å². The maximum absolute atomic E-state index is 13.7. The van der Waals surface area contributed by atoms with Crippen molar-refractivity contribution in [2.24, 2.45) is 17.3 Å². The fourth-order valence-corrected chi connectivity index (χ4v) is 5.54. The summed E-state index contributed by atoms with van der Waals surface area (Å²) < 4.78 is 6.12. The Morgan fingerprint density at radius 1 is 1.29 bits per heavy atom. The van der Waals surface area contributed by atoms with Gasteiger partial charge in [-0.25, -0.2) is 0 Å². The van der Waals surface area contributed by atoms with E-state index in [9.17, 15) is 19.8 Å². The summed E-state index contributed by atoms with van der Waals surface area (Å²) in [5, 5.41) is 25.3. The maximum atomic E-state index is 13.7. The molecule has 0 radical (unpaired) electrons. The second-order valence-corrected chi connectivity index (χ2v) is 11.9. The zero-order valence-electron chi connectivity index (χ0n) is 23.4. The molecule has 7 atom stereocenters. The highest BCUT2D eigenvalue weighted by Crippen LogP contribution is 2.44. The summed E-state index contributed by atoms with van der Waals surface area (Å²) in [6.45, 7) is 9.29. The molecule has 1 aromatic rings. The number of epoxide rings is 1. The van der Waals surface area contributed by atoms with Crippen molar-refractivity contribution in [1.29, 1.82) is 0 Å². The number of ketones is 1. The van der Waals surface area contributed by atoms with E-state index in [4.69, 9.17) is 11.2 Å². The fraction of sp³-hybridized carbons (Fsp3) is 0.645. The van der Waals surface area contributed by atoms with Gasteiger partial charge in [0.05, 0.1) is 47.5 Å². The lowest BCUT2D eigenvalue weighted by molar-refractivity contribution is -0.144. The number of hydrogen-bond donors (Lipinski definition) is 3. The average Bonchev–Trinajstić information content (AvgIpc) is 3.51. The average molecular weight is 525 g/mol. The molecule has 7 unspecified atom stereocenters. The Morgan fingerprint density at radius 2 is 2.03 bits per heavy atom. The molecule has 3 N–H and O–H groups in total. The van der Waals surface area contributed by atoms with Crippen LogP contribution in [0.15, 0.2) is 30.0 Å². The molecule has 38 heavy (non-hydrogen) atoms. The molecule has 0 saturated carbocycles. The molecule has 3 rings (SSSR count). The number of aliphatic hydroxyl groups is 2. The van der Waals surface area contributed by atoms with Crippen molar-refractivity contribution in [3.05, 3.63) is 35.7 Å². The minimum atomic E-state index is -1.24. The maximum Gasteiger partial charge on any atom is 0.223 e. The molecule has 0 aliphatic carbocycles. The minimum Gasteiger partial charge on any atom is -0.392 e. The largest absolute Gasteiger partial charge is 0.392 e. The SMILES string of the molecule is C#CCCC1C(=O)C(C)(C)C(O)CC(=O)NC(C(C)=Cc2ccccn2)CC2OC2(C)CCCC(C)C1O. The van der Waals surface area contributed by atoms with E-state index in [2.05, 4.69) is 23.1 Å². The quantitative estimate of drug-likeness (QED) is 0.404. The lowest BCUT2D eigenvalue weighted by atomic mass is 9.71. The van der Waals surface area contributed by atoms with Crippen molar-refractivity contribution < 1.29 is 24.5 Å². The van der Waals surface area contributed by atoms with E-state index in [0.717, 1.165) is 30.5 Å². The molecule has 0 spiro atoms. The highest BCUT2D eigenvalue weighted by molar-refractivity contribution is 5.88. The van der Waals surface area contributed by atoms with Gasteiger partial charge in [0.1, 0.15) is 5.78 Å². The number of carbonyl (C=O) groups is 2. The Bertz CT molecular complexity index is 1050. The van der Waals surface area contributed by atoms with Crippen LogP contribution in [0.4, 0.5) is 0 Å². The van der Waals surface area contributed by atoms with Crippen LogP contribution in [-0.4, -0.2) is 56.8 Å². The van der Waals surface area contributed by atoms with Gasteiger partial charge in [-0.2, -0.15) is 0 Å². The molecule has 7 heteroatoms.